The van der Waals surface area contributed by atoms with E-state index in [0.29, 0.717) is 16.3 Å². The Hall–Kier alpha value is -2.37. The zero-order valence-electron chi connectivity index (χ0n) is 12.5. The first-order chi connectivity index (χ1) is 11.4. The van der Waals surface area contributed by atoms with Gasteiger partial charge in [-0.2, -0.15) is 0 Å². The van der Waals surface area contributed by atoms with Crippen LogP contribution in [0.1, 0.15) is 12.5 Å². The van der Waals surface area contributed by atoms with E-state index >= 15 is 0 Å². The van der Waals surface area contributed by atoms with Crippen LogP contribution in [0.25, 0.3) is 6.08 Å². The SMILES string of the molecule is CC(=O)Oc1cc(C=CC(=O)Nc2cccc(Cl)c2Cl)ccc1F. The van der Waals surface area contributed by atoms with Gasteiger partial charge in [0.05, 0.1) is 15.7 Å². The average Bonchev–Trinajstić information content (AvgIpc) is 2.52. The Balaban J connectivity index is 2.11. The standard InChI is InChI=1S/C17H12Cl2FNO3/c1-10(22)24-15-9-11(5-7-13(15)20)6-8-16(23)21-14-4-2-3-12(18)17(14)19/h2-9H,1H3,(H,21,23). The topological polar surface area (TPSA) is 55.4 Å². The molecule has 1 amide bonds. The highest BCUT2D eigenvalue weighted by atomic mass is 35.5. The van der Waals surface area contributed by atoms with Crippen LogP contribution in [0.5, 0.6) is 5.75 Å². The number of carbonyl (C=O) groups excluding carboxylic acids is 2. The van der Waals surface area contributed by atoms with Crippen LogP contribution in [0.15, 0.2) is 42.5 Å². The fourth-order valence-corrected chi connectivity index (χ4v) is 2.15. The van der Waals surface area contributed by atoms with Crippen molar-refractivity contribution < 1.29 is 18.7 Å². The lowest BCUT2D eigenvalue weighted by atomic mass is 10.2. The first kappa shape index (κ1) is 18.0. The number of halogens is 3. The molecule has 2 aromatic rings. The number of esters is 1. The maximum Gasteiger partial charge on any atom is 0.308 e. The summed E-state index contributed by atoms with van der Waals surface area (Å²) in [7, 11) is 0. The fourth-order valence-electron chi connectivity index (χ4n) is 1.80. The summed E-state index contributed by atoms with van der Waals surface area (Å²) in [6, 6.07) is 8.76. The molecule has 0 unspecified atom stereocenters. The lowest BCUT2D eigenvalue weighted by molar-refractivity contribution is -0.132. The summed E-state index contributed by atoms with van der Waals surface area (Å²) in [4.78, 5) is 22.8. The summed E-state index contributed by atoms with van der Waals surface area (Å²) < 4.78 is 18.2. The minimum atomic E-state index is -0.669. The van der Waals surface area contributed by atoms with E-state index in [0.717, 1.165) is 6.07 Å². The number of ether oxygens (including phenoxy) is 1. The van der Waals surface area contributed by atoms with Gasteiger partial charge in [0.25, 0.3) is 0 Å². The molecule has 4 nitrogen and oxygen atoms in total. The Morgan fingerprint density at radius 1 is 1.21 bits per heavy atom. The summed E-state index contributed by atoms with van der Waals surface area (Å²) in [5.74, 6) is -1.96. The Labute approximate surface area is 147 Å². The number of nitrogens with one attached hydrogen (secondary N) is 1. The molecule has 0 aliphatic heterocycles. The second-order valence-corrected chi connectivity index (χ2v) is 5.49. The molecule has 24 heavy (non-hydrogen) atoms. The molecule has 0 fully saturated rings. The van der Waals surface area contributed by atoms with Crippen LogP contribution in [-0.2, 0) is 9.59 Å². The maximum absolute atomic E-state index is 13.5. The van der Waals surface area contributed by atoms with Crippen molar-refractivity contribution in [2.45, 2.75) is 6.92 Å². The third-order valence-electron chi connectivity index (χ3n) is 2.85. The third kappa shape index (κ3) is 4.81. The van der Waals surface area contributed by atoms with Gasteiger partial charge in [0, 0.05) is 13.0 Å². The van der Waals surface area contributed by atoms with Gasteiger partial charge in [-0.1, -0.05) is 35.3 Å². The molecule has 0 aliphatic carbocycles. The van der Waals surface area contributed by atoms with Gasteiger partial charge in [-0.15, -0.1) is 0 Å². The van der Waals surface area contributed by atoms with Crippen LogP contribution in [0, 0.1) is 5.82 Å². The molecule has 2 rings (SSSR count). The van der Waals surface area contributed by atoms with Crippen molar-refractivity contribution >= 4 is 46.8 Å². The summed E-state index contributed by atoms with van der Waals surface area (Å²) in [5, 5.41) is 3.14. The molecule has 124 valence electrons. The first-order valence-electron chi connectivity index (χ1n) is 6.78. The fraction of sp³-hybridized carbons (Fsp3) is 0.0588. The van der Waals surface area contributed by atoms with Crippen molar-refractivity contribution in [3.05, 3.63) is 63.9 Å². The molecular formula is C17H12Cl2FNO3. The lowest BCUT2D eigenvalue weighted by Crippen LogP contribution is -2.08. The van der Waals surface area contributed by atoms with Gasteiger partial charge in [-0.25, -0.2) is 4.39 Å². The van der Waals surface area contributed by atoms with Crippen molar-refractivity contribution in [3.8, 4) is 5.75 Å². The summed E-state index contributed by atoms with van der Waals surface area (Å²) in [5.41, 5.74) is 0.860. The summed E-state index contributed by atoms with van der Waals surface area (Å²) in [6.45, 7) is 1.17. The smallest absolute Gasteiger partial charge is 0.308 e. The number of hydrogen-bond donors (Lipinski definition) is 1. The molecule has 2 aromatic carbocycles. The first-order valence-corrected chi connectivity index (χ1v) is 7.53. The van der Waals surface area contributed by atoms with E-state index in [4.69, 9.17) is 27.9 Å². The maximum atomic E-state index is 13.5. The largest absolute Gasteiger partial charge is 0.424 e. The second kappa shape index (κ2) is 7.95. The zero-order valence-corrected chi connectivity index (χ0v) is 14.0. The third-order valence-corrected chi connectivity index (χ3v) is 3.66. The molecule has 1 N–H and O–H groups in total. The minimum absolute atomic E-state index is 0.206. The molecule has 0 aliphatic rings. The molecule has 0 radical (unpaired) electrons. The molecule has 0 saturated heterocycles. The van der Waals surface area contributed by atoms with Crippen LogP contribution < -0.4 is 10.1 Å². The number of rotatable bonds is 4. The van der Waals surface area contributed by atoms with Gasteiger partial charge in [0.2, 0.25) is 5.91 Å². The van der Waals surface area contributed by atoms with Crippen molar-refractivity contribution in [1.29, 1.82) is 0 Å². The highest BCUT2D eigenvalue weighted by Gasteiger charge is 2.08. The van der Waals surface area contributed by atoms with Crippen LogP contribution in [0.2, 0.25) is 10.0 Å². The molecule has 0 aromatic heterocycles. The van der Waals surface area contributed by atoms with Crippen LogP contribution >= 0.6 is 23.2 Å². The van der Waals surface area contributed by atoms with Crippen molar-refractivity contribution in [2.75, 3.05) is 5.32 Å². The highest BCUT2D eigenvalue weighted by Crippen LogP contribution is 2.29. The van der Waals surface area contributed by atoms with Crippen molar-refractivity contribution in [1.82, 2.24) is 0 Å². The van der Waals surface area contributed by atoms with Gasteiger partial charge >= 0.3 is 5.97 Å². The zero-order chi connectivity index (χ0) is 17.7. The normalized spacial score (nSPS) is 10.7. The number of hydrogen-bond acceptors (Lipinski definition) is 3. The Bertz CT molecular complexity index is 821. The predicted octanol–water partition coefficient (Wildman–Crippen LogP) is 4.71. The monoisotopic (exact) mass is 367 g/mol. The van der Waals surface area contributed by atoms with Crippen molar-refractivity contribution in [2.24, 2.45) is 0 Å². The molecule has 0 heterocycles. The van der Waals surface area contributed by atoms with Gasteiger partial charge in [-0.05, 0) is 35.9 Å². The van der Waals surface area contributed by atoms with E-state index in [1.54, 1.807) is 18.2 Å². The van der Waals surface area contributed by atoms with Crippen LogP contribution in [-0.4, -0.2) is 11.9 Å². The second-order valence-electron chi connectivity index (χ2n) is 4.71. The molecular weight excluding hydrogens is 356 g/mol. The van der Waals surface area contributed by atoms with Gasteiger partial charge in [0.15, 0.2) is 11.6 Å². The average molecular weight is 368 g/mol. The van der Waals surface area contributed by atoms with Gasteiger partial charge in [0.1, 0.15) is 0 Å². The Kier molecular flexibility index (Phi) is 5.95. The van der Waals surface area contributed by atoms with Gasteiger partial charge in [-0.3, -0.25) is 9.59 Å². The molecule has 0 spiro atoms. The number of carbonyl (C=O) groups is 2. The highest BCUT2D eigenvalue weighted by molar-refractivity contribution is 6.44. The van der Waals surface area contributed by atoms with E-state index in [1.807, 2.05) is 0 Å². The molecule has 0 bridgehead atoms. The van der Waals surface area contributed by atoms with Crippen LogP contribution in [0.3, 0.4) is 0 Å². The van der Waals surface area contributed by atoms with E-state index in [9.17, 15) is 14.0 Å². The van der Waals surface area contributed by atoms with E-state index in [2.05, 4.69) is 5.32 Å². The van der Waals surface area contributed by atoms with E-state index in [-0.39, 0.29) is 10.8 Å². The lowest BCUT2D eigenvalue weighted by Gasteiger charge is -2.06. The summed E-state index contributed by atoms with van der Waals surface area (Å²) in [6.07, 6.45) is 2.68. The minimum Gasteiger partial charge on any atom is -0.424 e. The Morgan fingerprint density at radius 2 is 1.96 bits per heavy atom. The number of anilines is 1. The predicted molar refractivity (Wildman–Crippen MR) is 91.8 cm³/mol. The van der Waals surface area contributed by atoms with Crippen LogP contribution in [0.4, 0.5) is 10.1 Å². The van der Waals surface area contributed by atoms with Crippen molar-refractivity contribution in [3.63, 3.8) is 0 Å². The summed E-state index contributed by atoms with van der Waals surface area (Å²) >= 11 is 11.8. The Morgan fingerprint density at radius 3 is 2.67 bits per heavy atom. The molecule has 7 heteroatoms. The van der Waals surface area contributed by atoms with Gasteiger partial charge < -0.3 is 10.1 Å². The number of amides is 1. The van der Waals surface area contributed by atoms with E-state index < -0.39 is 17.7 Å². The number of benzene rings is 2. The molecule has 0 saturated carbocycles. The quantitative estimate of drug-likeness (QED) is 0.483. The molecule has 0 atom stereocenters. The van der Waals surface area contributed by atoms with E-state index in [1.165, 1.54) is 31.2 Å².